The van der Waals surface area contributed by atoms with Crippen LogP contribution >= 0.6 is 11.3 Å². The van der Waals surface area contributed by atoms with E-state index in [9.17, 15) is 4.79 Å². The number of thiazole rings is 1. The number of carbonyl (C=O) groups excluding carboxylic acids is 2. The molecule has 5 N–H and O–H groups in total. The highest BCUT2D eigenvalue weighted by molar-refractivity contribution is 7.09. The van der Waals surface area contributed by atoms with Gasteiger partial charge in [0.15, 0.2) is 11.5 Å². The fraction of sp³-hybridized carbons (Fsp3) is 0.0980. The minimum absolute atomic E-state index is 0.305. The minimum atomic E-state index is -1.70. The van der Waals surface area contributed by atoms with Crippen LogP contribution in [-0.2, 0) is 34.8 Å². The lowest BCUT2D eigenvalue weighted by molar-refractivity contribution is -0.127. The Morgan fingerprint density at radius 1 is 0.697 bits per heavy atom. The Morgan fingerprint density at radius 2 is 1.29 bits per heavy atom. The predicted molar refractivity (Wildman–Crippen MR) is 253 cm³/mol. The van der Waals surface area contributed by atoms with E-state index in [0.29, 0.717) is 82.1 Å². The number of rotatable bonds is 17. The number of oxazole rings is 1. The molecule has 15 heteroatoms. The van der Waals surface area contributed by atoms with Crippen LogP contribution in [-0.4, -0.2) is 42.2 Å². The van der Waals surface area contributed by atoms with Crippen LogP contribution < -0.4 is 25.4 Å². The number of H-pyrrole nitrogens is 2. The maximum absolute atomic E-state index is 16.5. The van der Waals surface area contributed by atoms with E-state index in [1.807, 2.05) is 127 Å². The van der Waals surface area contributed by atoms with Crippen LogP contribution in [0.25, 0.3) is 33.4 Å². The molecule has 4 heterocycles. The van der Waals surface area contributed by atoms with Crippen molar-refractivity contribution in [1.82, 2.24) is 30.4 Å². The third kappa shape index (κ3) is 8.45. The number of amides is 2. The predicted octanol–water partition coefficient (Wildman–Crippen LogP) is 9.85. The second-order valence-corrected chi connectivity index (χ2v) is 16.5. The molecule has 0 bridgehead atoms. The van der Waals surface area contributed by atoms with Crippen molar-refractivity contribution in [2.24, 2.45) is 5.73 Å². The minimum Gasteiger partial charge on any atom is -0.489 e. The van der Waals surface area contributed by atoms with Crippen molar-refractivity contribution in [3.05, 3.63) is 197 Å². The summed E-state index contributed by atoms with van der Waals surface area (Å²) in [7, 11) is 0. The van der Waals surface area contributed by atoms with Crippen LogP contribution in [0.1, 0.15) is 33.7 Å². The number of ether oxygens (including phenoxy) is 2. The number of aromatic nitrogens is 6. The van der Waals surface area contributed by atoms with Crippen LogP contribution in [0.3, 0.4) is 0 Å². The van der Waals surface area contributed by atoms with Crippen LogP contribution in [0.5, 0.6) is 11.5 Å². The maximum atomic E-state index is 16.5. The highest BCUT2D eigenvalue weighted by atomic mass is 32.1. The van der Waals surface area contributed by atoms with Crippen molar-refractivity contribution < 1.29 is 23.5 Å². The van der Waals surface area contributed by atoms with Gasteiger partial charge in [0.05, 0.1) is 23.8 Å². The SMILES string of the molecule is NC(=O)CC(C(=O)N(c1ccc2[nH]nc(NCc3nccs3)c2c1)c1ccc2[nH]nc(-c3ncco3)c2c1)(c1ccc(OCc2ccccc2)cc1)c1ccc(OCc2ccccc2)cc1. The number of anilines is 3. The van der Waals surface area contributed by atoms with Crippen molar-refractivity contribution in [3.63, 3.8) is 0 Å². The zero-order chi connectivity index (χ0) is 44.9. The molecule has 0 fully saturated rings. The second kappa shape index (κ2) is 18.3. The Labute approximate surface area is 382 Å². The third-order valence-corrected chi connectivity index (χ3v) is 12.1. The molecule has 0 unspecified atom stereocenters. The molecule has 10 rings (SSSR count). The van der Waals surface area contributed by atoms with Gasteiger partial charge in [0.1, 0.15) is 41.4 Å². The van der Waals surface area contributed by atoms with Crippen molar-refractivity contribution in [1.29, 1.82) is 0 Å². The first-order valence-electron chi connectivity index (χ1n) is 21.1. The standard InChI is InChI=1S/C51H41N9O5S/c52-45(61)29-51(35-11-17-39(18-12-35)64-31-33-7-3-1-4-8-33,36-13-19-40(20-14-36)65-32-34-9-5-2-6-10-34)50(62)60(37-15-21-43-41(27-37)47(58-56-43)49-54-23-25-63-49)38-16-22-44-42(28-38)48(59-57-44)55-30-46-53-24-26-66-46/h1-28H,29-32H2,(H2,52,61)(H,56,58)(H2,55,57,59). The first-order chi connectivity index (χ1) is 32.4. The first-order valence-corrected chi connectivity index (χ1v) is 21.9. The summed E-state index contributed by atoms with van der Waals surface area (Å²) < 4.78 is 18.1. The smallest absolute Gasteiger partial charge is 0.247 e. The van der Waals surface area contributed by atoms with Gasteiger partial charge < -0.3 is 24.9 Å². The van der Waals surface area contributed by atoms with Gasteiger partial charge >= 0.3 is 0 Å². The number of benzene rings is 6. The molecular formula is C51H41N9O5S. The molecule has 2 amide bonds. The summed E-state index contributed by atoms with van der Waals surface area (Å²) in [6.07, 6.45) is 4.39. The van der Waals surface area contributed by atoms with Gasteiger partial charge in [0.2, 0.25) is 17.7 Å². The van der Waals surface area contributed by atoms with E-state index < -0.39 is 17.2 Å². The monoisotopic (exact) mass is 891 g/mol. The molecule has 326 valence electrons. The summed E-state index contributed by atoms with van der Waals surface area (Å²) in [5.41, 5.74) is 10.4. The lowest BCUT2D eigenvalue weighted by Gasteiger charge is -2.38. The first kappa shape index (κ1) is 41.5. The number of aromatic amines is 2. The summed E-state index contributed by atoms with van der Waals surface area (Å²) in [6.45, 7) is 1.13. The maximum Gasteiger partial charge on any atom is 0.247 e. The molecule has 0 radical (unpaired) electrons. The van der Waals surface area contributed by atoms with Crippen LogP contribution in [0.4, 0.5) is 17.2 Å². The largest absolute Gasteiger partial charge is 0.489 e. The summed E-state index contributed by atoms with van der Waals surface area (Å²) in [5.74, 6) is 0.894. The number of nitrogens with zero attached hydrogens (tertiary/aromatic N) is 5. The van der Waals surface area contributed by atoms with Gasteiger partial charge in [-0.2, -0.15) is 10.2 Å². The molecule has 14 nitrogen and oxygen atoms in total. The van der Waals surface area contributed by atoms with Gasteiger partial charge in [-0.15, -0.1) is 11.3 Å². The zero-order valence-corrected chi connectivity index (χ0v) is 36.1. The summed E-state index contributed by atoms with van der Waals surface area (Å²) >= 11 is 1.53. The number of nitrogens with two attached hydrogens (primary N) is 1. The van der Waals surface area contributed by atoms with Crippen molar-refractivity contribution in [2.45, 2.75) is 31.6 Å². The molecule has 66 heavy (non-hydrogen) atoms. The van der Waals surface area contributed by atoms with Crippen LogP contribution in [0.15, 0.2) is 174 Å². The molecular weight excluding hydrogens is 851 g/mol. The second-order valence-electron chi connectivity index (χ2n) is 15.5. The Balaban J connectivity index is 1.13. The fourth-order valence-corrected chi connectivity index (χ4v) is 8.66. The number of hydrogen-bond acceptors (Lipinski definition) is 11. The van der Waals surface area contributed by atoms with E-state index in [1.54, 1.807) is 41.6 Å². The third-order valence-electron chi connectivity index (χ3n) is 11.3. The average molecular weight is 892 g/mol. The van der Waals surface area contributed by atoms with Gasteiger partial charge in [0, 0.05) is 40.1 Å². The summed E-state index contributed by atoms with van der Waals surface area (Å²) in [5, 5.41) is 22.9. The molecule has 0 saturated carbocycles. The molecule has 0 aliphatic rings. The summed E-state index contributed by atoms with van der Waals surface area (Å²) in [4.78, 5) is 40.5. The molecule has 0 atom stereocenters. The van der Waals surface area contributed by atoms with E-state index in [1.165, 1.54) is 17.6 Å². The zero-order valence-electron chi connectivity index (χ0n) is 35.3. The lowest BCUT2D eigenvalue weighted by atomic mass is 9.70. The van der Waals surface area contributed by atoms with Gasteiger partial charge in [-0.25, -0.2) is 9.97 Å². The molecule has 0 spiro atoms. The number of nitrogens with one attached hydrogen (secondary N) is 3. The van der Waals surface area contributed by atoms with E-state index in [-0.39, 0.29) is 6.42 Å². The number of carbonyl (C=O) groups is 2. The van der Waals surface area contributed by atoms with E-state index in [2.05, 4.69) is 35.7 Å². The van der Waals surface area contributed by atoms with Gasteiger partial charge in [-0.3, -0.25) is 24.7 Å². The lowest BCUT2D eigenvalue weighted by Crippen LogP contribution is -2.48. The molecule has 0 aliphatic heterocycles. The number of hydrogen-bond donors (Lipinski definition) is 4. The quantitative estimate of drug-likeness (QED) is 0.0685. The highest BCUT2D eigenvalue weighted by Crippen LogP contribution is 2.44. The highest BCUT2D eigenvalue weighted by Gasteiger charge is 2.47. The Bertz CT molecular complexity index is 3140. The van der Waals surface area contributed by atoms with Crippen LogP contribution in [0, 0.1) is 0 Å². The average Bonchev–Trinajstić information content (AvgIpc) is 4.21. The molecule has 0 aliphatic carbocycles. The van der Waals surface area contributed by atoms with Crippen molar-refractivity contribution >= 4 is 62.1 Å². The van der Waals surface area contributed by atoms with Crippen LogP contribution in [0.2, 0.25) is 0 Å². The van der Waals surface area contributed by atoms with E-state index in [4.69, 9.17) is 19.6 Å². The van der Waals surface area contributed by atoms with Crippen molar-refractivity contribution in [2.75, 3.05) is 10.2 Å². The van der Waals surface area contributed by atoms with E-state index >= 15 is 4.79 Å². The van der Waals surface area contributed by atoms with Crippen molar-refractivity contribution in [3.8, 4) is 23.1 Å². The number of primary amides is 1. The molecule has 4 aromatic heterocycles. The fourth-order valence-electron chi connectivity index (χ4n) is 8.10. The molecule has 0 saturated heterocycles. The summed E-state index contributed by atoms with van der Waals surface area (Å²) in [6, 6.07) is 45.3. The molecule has 6 aromatic carbocycles. The normalized spacial score (nSPS) is 11.5. The van der Waals surface area contributed by atoms with Gasteiger partial charge in [-0.1, -0.05) is 84.9 Å². The Kier molecular flexibility index (Phi) is 11.5. The Morgan fingerprint density at radius 3 is 1.85 bits per heavy atom. The van der Waals surface area contributed by atoms with Gasteiger partial charge in [-0.05, 0) is 82.9 Å². The Hall–Kier alpha value is -8.56. The van der Waals surface area contributed by atoms with E-state index in [0.717, 1.165) is 27.0 Å². The topological polar surface area (TPSA) is 190 Å². The number of fused-ring (bicyclic) bond motifs is 2. The molecule has 10 aromatic rings. The van der Waals surface area contributed by atoms with Gasteiger partial charge in [0.25, 0.3) is 0 Å².